The van der Waals surface area contributed by atoms with Gasteiger partial charge in [-0.1, -0.05) is 18.5 Å². The summed E-state index contributed by atoms with van der Waals surface area (Å²) in [6, 6.07) is 5.29. The molecule has 0 bridgehead atoms. The summed E-state index contributed by atoms with van der Waals surface area (Å²) in [4.78, 5) is 11.5. The molecule has 1 aromatic rings. The fourth-order valence-electron chi connectivity index (χ4n) is 1.50. The van der Waals surface area contributed by atoms with Gasteiger partial charge in [-0.25, -0.2) is 0 Å². The predicted molar refractivity (Wildman–Crippen MR) is 64.3 cm³/mol. The topological polar surface area (TPSA) is 26.3 Å². The lowest BCUT2D eigenvalue weighted by molar-refractivity contribution is 0.0988. The summed E-state index contributed by atoms with van der Waals surface area (Å²) in [5.41, 5.74) is 0.586. The van der Waals surface area contributed by atoms with E-state index < -0.39 is 0 Å². The molecular weight excluding hydrogens is 224 g/mol. The smallest absolute Gasteiger partial charge is 0.164 e. The van der Waals surface area contributed by atoms with Gasteiger partial charge in [-0.05, 0) is 37.0 Å². The maximum absolute atomic E-state index is 11.5. The lowest BCUT2D eigenvalue weighted by Gasteiger charge is -2.07. The van der Waals surface area contributed by atoms with Crippen molar-refractivity contribution in [2.75, 3.05) is 6.61 Å². The third-order valence-electron chi connectivity index (χ3n) is 2.74. The van der Waals surface area contributed by atoms with Crippen molar-refractivity contribution in [3.8, 4) is 5.75 Å². The van der Waals surface area contributed by atoms with Crippen LogP contribution in [0.2, 0.25) is 5.02 Å². The van der Waals surface area contributed by atoms with Gasteiger partial charge in [0, 0.05) is 12.0 Å². The Hall–Kier alpha value is -1.02. The van der Waals surface area contributed by atoms with Gasteiger partial charge in [-0.3, -0.25) is 4.79 Å². The molecule has 1 aliphatic rings. The van der Waals surface area contributed by atoms with Crippen LogP contribution >= 0.6 is 11.6 Å². The van der Waals surface area contributed by atoms with E-state index in [1.807, 2.05) is 13.0 Å². The predicted octanol–water partition coefficient (Wildman–Crippen LogP) is 3.72. The Morgan fingerprint density at radius 1 is 1.50 bits per heavy atom. The van der Waals surface area contributed by atoms with Gasteiger partial charge in [0.1, 0.15) is 5.75 Å². The van der Waals surface area contributed by atoms with Crippen molar-refractivity contribution in [1.82, 2.24) is 0 Å². The highest BCUT2D eigenvalue weighted by Crippen LogP contribution is 2.30. The van der Waals surface area contributed by atoms with Gasteiger partial charge >= 0.3 is 0 Å². The number of hydrogen-bond acceptors (Lipinski definition) is 2. The molecule has 2 rings (SSSR count). The van der Waals surface area contributed by atoms with Crippen molar-refractivity contribution in [3.63, 3.8) is 0 Å². The molecule has 3 heteroatoms. The fourth-order valence-corrected chi connectivity index (χ4v) is 1.78. The highest BCUT2D eigenvalue weighted by molar-refractivity contribution is 6.34. The van der Waals surface area contributed by atoms with E-state index in [1.165, 1.54) is 12.8 Å². The normalized spacial score (nSPS) is 14.9. The van der Waals surface area contributed by atoms with E-state index >= 15 is 0 Å². The summed E-state index contributed by atoms with van der Waals surface area (Å²) in [6.45, 7) is 2.59. The first-order valence-electron chi connectivity index (χ1n) is 5.66. The molecule has 0 N–H and O–H groups in total. The highest BCUT2D eigenvalue weighted by Gasteiger charge is 2.22. The minimum Gasteiger partial charge on any atom is -0.493 e. The SMILES string of the molecule is CCC(=O)c1ccc(OCC2CC2)cc1Cl. The summed E-state index contributed by atoms with van der Waals surface area (Å²) >= 11 is 6.03. The third-order valence-corrected chi connectivity index (χ3v) is 3.06. The second-order valence-corrected chi connectivity index (χ2v) is 4.58. The van der Waals surface area contributed by atoms with E-state index in [-0.39, 0.29) is 5.78 Å². The number of halogens is 1. The number of carbonyl (C=O) groups excluding carboxylic acids is 1. The number of hydrogen-bond donors (Lipinski definition) is 0. The molecule has 1 aromatic carbocycles. The second-order valence-electron chi connectivity index (χ2n) is 4.17. The van der Waals surface area contributed by atoms with E-state index in [9.17, 15) is 4.79 Å². The Morgan fingerprint density at radius 2 is 2.25 bits per heavy atom. The molecule has 0 aromatic heterocycles. The quantitative estimate of drug-likeness (QED) is 0.731. The number of carbonyl (C=O) groups is 1. The molecule has 2 nitrogen and oxygen atoms in total. The Bertz CT molecular complexity index is 397. The fraction of sp³-hybridized carbons (Fsp3) is 0.462. The van der Waals surface area contributed by atoms with Crippen molar-refractivity contribution in [2.45, 2.75) is 26.2 Å². The summed E-state index contributed by atoms with van der Waals surface area (Å²) < 4.78 is 5.58. The van der Waals surface area contributed by atoms with Gasteiger partial charge < -0.3 is 4.74 Å². The van der Waals surface area contributed by atoms with Gasteiger partial charge in [-0.2, -0.15) is 0 Å². The van der Waals surface area contributed by atoms with Crippen LogP contribution < -0.4 is 4.74 Å². The average molecular weight is 239 g/mol. The summed E-state index contributed by atoms with van der Waals surface area (Å²) in [6.07, 6.45) is 3.00. The molecule has 1 fully saturated rings. The minimum atomic E-state index is 0.0683. The zero-order valence-electron chi connectivity index (χ0n) is 9.33. The molecule has 0 radical (unpaired) electrons. The zero-order chi connectivity index (χ0) is 11.5. The van der Waals surface area contributed by atoms with Crippen LogP contribution in [0.25, 0.3) is 0 Å². The van der Waals surface area contributed by atoms with Crippen molar-refractivity contribution in [3.05, 3.63) is 28.8 Å². The molecule has 16 heavy (non-hydrogen) atoms. The van der Waals surface area contributed by atoms with Crippen LogP contribution in [0.4, 0.5) is 0 Å². The van der Waals surface area contributed by atoms with E-state index in [4.69, 9.17) is 16.3 Å². The number of benzene rings is 1. The molecule has 0 saturated heterocycles. The van der Waals surface area contributed by atoms with Gasteiger partial charge in [0.25, 0.3) is 0 Å². The van der Waals surface area contributed by atoms with Gasteiger partial charge in [-0.15, -0.1) is 0 Å². The van der Waals surface area contributed by atoms with Crippen molar-refractivity contribution in [2.24, 2.45) is 5.92 Å². The lowest BCUT2D eigenvalue weighted by atomic mass is 10.1. The molecule has 1 saturated carbocycles. The Morgan fingerprint density at radius 3 is 2.81 bits per heavy atom. The number of ether oxygens (including phenoxy) is 1. The van der Waals surface area contributed by atoms with Crippen molar-refractivity contribution in [1.29, 1.82) is 0 Å². The van der Waals surface area contributed by atoms with E-state index in [0.717, 1.165) is 18.3 Å². The average Bonchev–Trinajstić information content (AvgIpc) is 3.09. The molecule has 0 atom stereocenters. The standard InChI is InChI=1S/C13H15ClO2/c1-2-13(15)11-6-5-10(7-12(11)14)16-8-9-3-4-9/h5-7,9H,2-4,8H2,1H3. The van der Waals surface area contributed by atoms with Crippen LogP contribution in [0.1, 0.15) is 36.5 Å². The lowest BCUT2D eigenvalue weighted by Crippen LogP contribution is -2.01. The number of rotatable bonds is 5. The van der Waals surface area contributed by atoms with E-state index in [1.54, 1.807) is 12.1 Å². The van der Waals surface area contributed by atoms with Gasteiger partial charge in [0.2, 0.25) is 0 Å². The van der Waals surface area contributed by atoms with Crippen LogP contribution in [0, 0.1) is 5.92 Å². The van der Waals surface area contributed by atoms with Crippen LogP contribution in [-0.4, -0.2) is 12.4 Å². The first-order chi connectivity index (χ1) is 7.70. The van der Waals surface area contributed by atoms with Crippen LogP contribution in [0.5, 0.6) is 5.75 Å². The molecule has 0 amide bonds. The maximum Gasteiger partial charge on any atom is 0.164 e. The molecular formula is C13H15ClO2. The minimum absolute atomic E-state index is 0.0683. The second kappa shape index (κ2) is 4.88. The molecule has 0 heterocycles. The molecule has 86 valence electrons. The first kappa shape index (κ1) is 11.5. The Balaban J connectivity index is 2.05. The largest absolute Gasteiger partial charge is 0.493 e. The summed E-state index contributed by atoms with van der Waals surface area (Å²) in [5.74, 6) is 1.54. The maximum atomic E-state index is 11.5. The highest BCUT2D eigenvalue weighted by atomic mass is 35.5. The molecule has 0 aliphatic heterocycles. The summed E-state index contributed by atoms with van der Waals surface area (Å²) in [5, 5.41) is 0.486. The van der Waals surface area contributed by atoms with Gasteiger partial charge in [0.05, 0.1) is 11.6 Å². The van der Waals surface area contributed by atoms with Gasteiger partial charge in [0.15, 0.2) is 5.78 Å². The van der Waals surface area contributed by atoms with E-state index in [0.29, 0.717) is 17.0 Å². The summed E-state index contributed by atoms with van der Waals surface area (Å²) in [7, 11) is 0. The number of ketones is 1. The van der Waals surface area contributed by atoms with Crippen LogP contribution in [-0.2, 0) is 0 Å². The van der Waals surface area contributed by atoms with E-state index in [2.05, 4.69) is 0 Å². The van der Waals surface area contributed by atoms with Crippen LogP contribution in [0.15, 0.2) is 18.2 Å². The van der Waals surface area contributed by atoms with Crippen molar-refractivity contribution >= 4 is 17.4 Å². The number of Topliss-reactive ketones (excluding diaryl/α,β-unsaturated/α-hetero) is 1. The van der Waals surface area contributed by atoms with Crippen molar-refractivity contribution < 1.29 is 9.53 Å². The third kappa shape index (κ3) is 2.76. The Kier molecular flexibility index (Phi) is 3.49. The molecule has 1 aliphatic carbocycles. The first-order valence-corrected chi connectivity index (χ1v) is 6.04. The molecule has 0 spiro atoms. The van der Waals surface area contributed by atoms with Crippen LogP contribution in [0.3, 0.4) is 0 Å². The monoisotopic (exact) mass is 238 g/mol. The zero-order valence-corrected chi connectivity index (χ0v) is 10.1. The molecule has 0 unspecified atom stereocenters. The Labute approximate surface area is 101 Å².